The lowest BCUT2D eigenvalue weighted by Crippen LogP contribution is -2.48. The molecule has 0 unspecified atom stereocenters. The van der Waals surface area contributed by atoms with Gasteiger partial charge in [0.2, 0.25) is 5.91 Å². The van der Waals surface area contributed by atoms with E-state index in [0.717, 1.165) is 19.3 Å². The molecule has 0 aliphatic heterocycles. The average molecular weight is 350 g/mol. The van der Waals surface area contributed by atoms with E-state index in [2.05, 4.69) is 10.6 Å². The van der Waals surface area contributed by atoms with Crippen LogP contribution >= 0.6 is 11.6 Å². The lowest BCUT2D eigenvalue weighted by molar-refractivity contribution is -0.126. The van der Waals surface area contributed by atoms with E-state index in [9.17, 15) is 9.59 Å². The minimum absolute atomic E-state index is 0.0296. The van der Waals surface area contributed by atoms with Gasteiger partial charge in [0.15, 0.2) is 0 Å². The number of carbonyl (C=O) groups excluding carboxylic acids is 2. The van der Waals surface area contributed by atoms with Gasteiger partial charge >= 0.3 is 0 Å². The van der Waals surface area contributed by atoms with Crippen LogP contribution in [0.3, 0.4) is 0 Å². The van der Waals surface area contributed by atoms with Gasteiger partial charge in [-0.05, 0) is 31.0 Å². The summed E-state index contributed by atoms with van der Waals surface area (Å²) in [5.74, 6) is -0.418. The molecule has 0 radical (unpaired) electrons. The Morgan fingerprint density at radius 1 is 1.38 bits per heavy atom. The molecule has 2 atom stereocenters. The van der Waals surface area contributed by atoms with Crippen LogP contribution in [0.4, 0.5) is 0 Å². The van der Waals surface area contributed by atoms with Gasteiger partial charge in [0.1, 0.15) is 12.3 Å². The summed E-state index contributed by atoms with van der Waals surface area (Å²) < 4.78 is 5.20. The number of ether oxygens (including phenoxy) is 1. The number of nitrogens with one attached hydrogen (secondary N) is 2. The van der Waals surface area contributed by atoms with Gasteiger partial charge in [0, 0.05) is 11.1 Å². The molecule has 7 heteroatoms. The predicted octanol–water partition coefficient (Wildman–Crippen LogP) is 2.28. The third kappa shape index (κ3) is 4.39. The van der Waals surface area contributed by atoms with Crippen molar-refractivity contribution in [2.24, 2.45) is 5.92 Å². The number of nitriles is 1. The average Bonchev–Trinajstić information content (AvgIpc) is 2.60. The molecule has 2 rings (SSSR count). The molecule has 6 nitrogen and oxygen atoms in total. The van der Waals surface area contributed by atoms with Gasteiger partial charge in [-0.15, -0.1) is 0 Å². The van der Waals surface area contributed by atoms with Gasteiger partial charge in [-0.3, -0.25) is 9.59 Å². The monoisotopic (exact) mass is 349 g/mol. The van der Waals surface area contributed by atoms with E-state index < -0.39 is 0 Å². The zero-order valence-corrected chi connectivity index (χ0v) is 14.2. The molecule has 128 valence electrons. The first-order valence-electron chi connectivity index (χ1n) is 7.86. The third-order valence-corrected chi connectivity index (χ3v) is 4.40. The van der Waals surface area contributed by atoms with Gasteiger partial charge in [0.05, 0.1) is 24.7 Å². The molecular formula is C17H20ClN3O3. The molecule has 0 spiro atoms. The second-order valence-corrected chi connectivity index (χ2v) is 6.13. The van der Waals surface area contributed by atoms with Crippen LogP contribution in [-0.4, -0.2) is 31.5 Å². The summed E-state index contributed by atoms with van der Waals surface area (Å²) >= 11 is 5.97. The number of hydrogen-bond acceptors (Lipinski definition) is 4. The van der Waals surface area contributed by atoms with Gasteiger partial charge in [-0.2, -0.15) is 5.26 Å². The molecule has 0 aromatic heterocycles. The fourth-order valence-electron chi connectivity index (χ4n) is 2.98. The summed E-state index contributed by atoms with van der Waals surface area (Å²) in [6.45, 7) is -0.0296. The Labute approximate surface area is 146 Å². The van der Waals surface area contributed by atoms with Crippen molar-refractivity contribution < 1.29 is 14.3 Å². The van der Waals surface area contributed by atoms with E-state index in [4.69, 9.17) is 21.6 Å². The van der Waals surface area contributed by atoms with Crippen LogP contribution in [-0.2, 0) is 4.79 Å². The number of carbonyl (C=O) groups is 2. The molecule has 1 aromatic rings. The minimum Gasteiger partial charge on any atom is -0.496 e. The Kier molecular flexibility index (Phi) is 6.44. The maximum Gasteiger partial charge on any atom is 0.255 e. The second-order valence-electron chi connectivity index (χ2n) is 5.69. The molecule has 0 heterocycles. The summed E-state index contributed by atoms with van der Waals surface area (Å²) in [6.07, 6.45) is 3.28. The van der Waals surface area contributed by atoms with Crippen molar-refractivity contribution in [2.45, 2.75) is 31.7 Å². The molecule has 1 aliphatic rings. The highest BCUT2D eigenvalue weighted by atomic mass is 35.5. The molecule has 2 N–H and O–H groups in total. The van der Waals surface area contributed by atoms with Crippen molar-refractivity contribution in [1.82, 2.24) is 10.6 Å². The molecule has 0 saturated heterocycles. The van der Waals surface area contributed by atoms with Crippen LogP contribution in [0.5, 0.6) is 5.75 Å². The molecule has 0 bridgehead atoms. The Morgan fingerprint density at radius 2 is 2.12 bits per heavy atom. The van der Waals surface area contributed by atoms with Crippen LogP contribution in [0.15, 0.2) is 18.2 Å². The Morgan fingerprint density at radius 3 is 2.83 bits per heavy atom. The third-order valence-electron chi connectivity index (χ3n) is 4.17. The predicted molar refractivity (Wildman–Crippen MR) is 89.8 cm³/mol. The summed E-state index contributed by atoms with van der Waals surface area (Å²) in [7, 11) is 1.48. The van der Waals surface area contributed by atoms with E-state index in [0.29, 0.717) is 22.8 Å². The number of nitrogens with zero attached hydrogens (tertiary/aromatic N) is 1. The standard InChI is InChI=1S/C17H20ClN3O3/c1-24-15-7-6-11(18)10-13(15)17(23)21-14-5-3-2-4-12(14)16(22)20-9-8-19/h6-7,10,12,14H,2-5,9H2,1H3,(H,20,22)(H,21,23)/t12-,14+/m0/s1. The van der Waals surface area contributed by atoms with Crippen LogP contribution < -0.4 is 15.4 Å². The topological polar surface area (TPSA) is 91.2 Å². The smallest absolute Gasteiger partial charge is 0.255 e. The van der Waals surface area contributed by atoms with Crippen LogP contribution in [0.1, 0.15) is 36.0 Å². The highest BCUT2D eigenvalue weighted by Crippen LogP contribution is 2.27. The molecule has 1 aromatic carbocycles. The Hall–Kier alpha value is -2.26. The summed E-state index contributed by atoms with van der Waals surface area (Å²) in [6, 6.07) is 6.45. The zero-order valence-electron chi connectivity index (χ0n) is 13.5. The summed E-state index contributed by atoms with van der Waals surface area (Å²) in [5, 5.41) is 14.5. The van der Waals surface area contributed by atoms with E-state index in [1.165, 1.54) is 7.11 Å². The SMILES string of the molecule is COc1ccc(Cl)cc1C(=O)N[C@@H]1CCCC[C@@H]1C(=O)NCC#N. The van der Waals surface area contributed by atoms with E-state index >= 15 is 0 Å². The second kappa shape index (κ2) is 8.55. The number of hydrogen-bond donors (Lipinski definition) is 2. The lowest BCUT2D eigenvalue weighted by atomic mass is 9.83. The summed E-state index contributed by atoms with van der Waals surface area (Å²) in [4.78, 5) is 24.8. The quantitative estimate of drug-likeness (QED) is 0.798. The number of methoxy groups -OCH3 is 1. The van der Waals surface area contributed by atoms with Crippen LogP contribution in [0.2, 0.25) is 5.02 Å². The Balaban J connectivity index is 2.12. The number of halogens is 1. The molecule has 1 aliphatic carbocycles. The maximum atomic E-state index is 12.6. The number of rotatable bonds is 5. The van der Waals surface area contributed by atoms with Crippen molar-refractivity contribution >= 4 is 23.4 Å². The molecule has 1 saturated carbocycles. The molecule has 24 heavy (non-hydrogen) atoms. The maximum absolute atomic E-state index is 12.6. The first-order chi connectivity index (χ1) is 11.6. The van der Waals surface area contributed by atoms with Crippen molar-refractivity contribution in [2.75, 3.05) is 13.7 Å². The van der Waals surface area contributed by atoms with Crippen molar-refractivity contribution in [3.63, 3.8) is 0 Å². The summed E-state index contributed by atoms with van der Waals surface area (Å²) in [5.41, 5.74) is 0.340. The van der Waals surface area contributed by atoms with Crippen molar-refractivity contribution in [3.8, 4) is 11.8 Å². The fourth-order valence-corrected chi connectivity index (χ4v) is 3.15. The van der Waals surface area contributed by atoms with Crippen LogP contribution in [0.25, 0.3) is 0 Å². The molecule has 2 amide bonds. The fraction of sp³-hybridized carbons (Fsp3) is 0.471. The van der Waals surface area contributed by atoms with Crippen molar-refractivity contribution in [1.29, 1.82) is 5.26 Å². The van der Waals surface area contributed by atoms with Gasteiger partial charge in [0.25, 0.3) is 5.91 Å². The zero-order chi connectivity index (χ0) is 17.5. The molecular weight excluding hydrogens is 330 g/mol. The van der Waals surface area contributed by atoms with Gasteiger partial charge < -0.3 is 15.4 Å². The highest BCUT2D eigenvalue weighted by molar-refractivity contribution is 6.31. The van der Waals surface area contributed by atoms with Gasteiger partial charge in [-0.1, -0.05) is 24.4 Å². The van der Waals surface area contributed by atoms with Crippen LogP contribution in [0, 0.1) is 17.2 Å². The van der Waals surface area contributed by atoms with E-state index in [1.54, 1.807) is 18.2 Å². The lowest BCUT2D eigenvalue weighted by Gasteiger charge is -2.31. The number of amides is 2. The minimum atomic E-state index is -0.332. The highest BCUT2D eigenvalue weighted by Gasteiger charge is 2.32. The number of benzene rings is 1. The van der Waals surface area contributed by atoms with E-state index in [1.807, 2.05) is 6.07 Å². The normalized spacial score (nSPS) is 19.9. The molecule has 1 fully saturated rings. The largest absolute Gasteiger partial charge is 0.496 e. The van der Waals surface area contributed by atoms with E-state index in [-0.39, 0.29) is 30.3 Å². The first kappa shape index (κ1) is 18.1. The Bertz CT molecular complexity index is 657. The van der Waals surface area contributed by atoms with Crippen molar-refractivity contribution in [3.05, 3.63) is 28.8 Å². The first-order valence-corrected chi connectivity index (χ1v) is 8.23. The van der Waals surface area contributed by atoms with Gasteiger partial charge in [-0.25, -0.2) is 0 Å².